The molecule has 0 aromatic carbocycles. The number of fused-ring (bicyclic) bond motifs is 1. The van der Waals surface area contributed by atoms with E-state index in [0.29, 0.717) is 24.0 Å². The van der Waals surface area contributed by atoms with Crippen LogP contribution in [0.15, 0.2) is 11.6 Å². The lowest BCUT2D eigenvalue weighted by Crippen LogP contribution is -2.56. The Balaban J connectivity index is 1.38. The van der Waals surface area contributed by atoms with Crippen LogP contribution in [0.25, 0.3) is 0 Å². The average molecular weight is 405 g/mol. The van der Waals surface area contributed by atoms with Gasteiger partial charge in [0.1, 0.15) is 0 Å². The second-order valence-electron chi connectivity index (χ2n) is 8.82. The van der Waals surface area contributed by atoms with E-state index in [0.717, 1.165) is 45.3 Å². The average Bonchev–Trinajstić information content (AvgIpc) is 3.21. The first-order chi connectivity index (χ1) is 13.6. The Bertz CT molecular complexity index is 672. The van der Waals surface area contributed by atoms with Crippen LogP contribution in [0, 0.1) is 5.41 Å². The Hall–Kier alpha value is -1.47. The summed E-state index contributed by atoms with van der Waals surface area (Å²) in [4.78, 5) is 34.7. The van der Waals surface area contributed by atoms with E-state index in [1.165, 1.54) is 43.6 Å². The van der Waals surface area contributed by atoms with Crippen molar-refractivity contribution in [2.45, 2.75) is 70.3 Å². The zero-order valence-electron chi connectivity index (χ0n) is 16.7. The molecular weight excluding hydrogens is 372 g/mol. The highest BCUT2D eigenvalue weighted by atomic mass is 32.1. The number of nitrogens with zero attached hydrogens (tertiary/aromatic N) is 3. The third-order valence-electron chi connectivity index (χ3n) is 6.84. The van der Waals surface area contributed by atoms with E-state index >= 15 is 0 Å². The lowest BCUT2D eigenvalue weighted by atomic mass is 9.69. The Morgan fingerprint density at radius 1 is 1.11 bits per heavy atom. The topological polar surface area (TPSA) is 65.5 Å². The lowest BCUT2D eigenvalue weighted by molar-refractivity contribution is -0.138. The molecule has 1 saturated carbocycles. The van der Waals surface area contributed by atoms with Gasteiger partial charge in [-0.1, -0.05) is 25.7 Å². The van der Waals surface area contributed by atoms with Crippen LogP contribution in [0.5, 0.6) is 0 Å². The fraction of sp³-hybridized carbons (Fsp3) is 0.762. The van der Waals surface area contributed by atoms with Crippen LogP contribution in [-0.2, 0) is 9.59 Å². The van der Waals surface area contributed by atoms with Gasteiger partial charge in [-0.2, -0.15) is 0 Å². The third-order valence-corrected chi connectivity index (χ3v) is 7.53. The molecule has 2 amide bonds. The van der Waals surface area contributed by atoms with E-state index in [2.05, 4.69) is 20.1 Å². The molecule has 2 aliphatic heterocycles. The van der Waals surface area contributed by atoms with Crippen LogP contribution in [0.2, 0.25) is 0 Å². The first-order valence-electron chi connectivity index (χ1n) is 10.8. The van der Waals surface area contributed by atoms with Crippen molar-refractivity contribution in [1.29, 1.82) is 0 Å². The molecule has 1 unspecified atom stereocenters. The van der Waals surface area contributed by atoms with Crippen molar-refractivity contribution in [3.05, 3.63) is 11.6 Å². The minimum atomic E-state index is -0.180. The highest BCUT2D eigenvalue weighted by Crippen LogP contribution is 2.43. The monoisotopic (exact) mass is 404 g/mol. The summed E-state index contributed by atoms with van der Waals surface area (Å²) in [5, 5.41) is 5.43. The summed E-state index contributed by atoms with van der Waals surface area (Å²) in [5.41, 5.74) is -0.180. The van der Waals surface area contributed by atoms with Gasteiger partial charge in [-0.3, -0.25) is 14.5 Å². The predicted octanol–water partition coefficient (Wildman–Crippen LogP) is 3.51. The molecule has 0 radical (unpaired) electrons. The highest BCUT2D eigenvalue weighted by Gasteiger charge is 2.39. The van der Waals surface area contributed by atoms with Crippen LogP contribution in [0.3, 0.4) is 0 Å². The number of thiazole rings is 1. The molecule has 1 aromatic heterocycles. The summed E-state index contributed by atoms with van der Waals surface area (Å²) >= 11 is 1.44. The second-order valence-corrected chi connectivity index (χ2v) is 9.72. The van der Waals surface area contributed by atoms with E-state index in [1.807, 2.05) is 5.38 Å². The van der Waals surface area contributed by atoms with Crippen LogP contribution < -0.4 is 5.32 Å². The smallest absolute Gasteiger partial charge is 0.226 e. The van der Waals surface area contributed by atoms with Gasteiger partial charge in [0.05, 0.1) is 0 Å². The van der Waals surface area contributed by atoms with E-state index in [-0.39, 0.29) is 17.2 Å². The van der Waals surface area contributed by atoms with Crippen molar-refractivity contribution >= 4 is 28.3 Å². The maximum atomic E-state index is 13.2. The first-order valence-corrected chi connectivity index (χ1v) is 11.7. The quantitative estimate of drug-likeness (QED) is 0.816. The Labute approximate surface area is 171 Å². The molecule has 1 atom stereocenters. The molecular formula is C21H32N4O2S. The summed E-state index contributed by atoms with van der Waals surface area (Å²) in [6, 6.07) is 0.543. The maximum absolute atomic E-state index is 13.2. The molecule has 1 aromatic rings. The molecule has 1 aliphatic carbocycles. The van der Waals surface area contributed by atoms with Gasteiger partial charge in [-0.05, 0) is 37.6 Å². The summed E-state index contributed by atoms with van der Waals surface area (Å²) in [7, 11) is 0. The Kier molecular flexibility index (Phi) is 6.31. The number of nitrogens with one attached hydrogen (secondary N) is 1. The fourth-order valence-electron chi connectivity index (χ4n) is 5.32. The standard InChI is InChI=1S/C21H32N4O2S/c26-18(23-20-22-9-13-28-20)14-21(7-3-1-4-8-21)15-19(27)25-12-11-24-10-5-2-6-17(24)16-25/h9,13,17H,1-8,10-12,14-16H2,(H,22,23,26). The molecule has 0 bridgehead atoms. The molecule has 3 aliphatic rings. The van der Waals surface area contributed by atoms with Crippen LogP contribution in [0.4, 0.5) is 5.13 Å². The van der Waals surface area contributed by atoms with Crippen LogP contribution in [-0.4, -0.2) is 58.8 Å². The summed E-state index contributed by atoms with van der Waals surface area (Å²) in [5.74, 6) is 0.260. The molecule has 154 valence electrons. The van der Waals surface area contributed by atoms with Gasteiger partial charge in [0.25, 0.3) is 0 Å². The number of carbonyl (C=O) groups excluding carboxylic acids is 2. The molecule has 1 N–H and O–H groups in total. The summed E-state index contributed by atoms with van der Waals surface area (Å²) in [6.45, 7) is 3.92. The number of hydrogen-bond acceptors (Lipinski definition) is 5. The molecule has 2 saturated heterocycles. The molecule has 7 heteroatoms. The van der Waals surface area contributed by atoms with Gasteiger partial charge < -0.3 is 10.2 Å². The van der Waals surface area contributed by atoms with Crippen LogP contribution in [0.1, 0.15) is 64.2 Å². The lowest BCUT2D eigenvalue weighted by Gasteiger charge is -2.45. The van der Waals surface area contributed by atoms with Gasteiger partial charge in [-0.25, -0.2) is 4.98 Å². The normalized spacial score (nSPS) is 25.1. The number of amides is 2. The molecule has 0 spiro atoms. The van der Waals surface area contributed by atoms with Crippen molar-refractivity contribution < 1.29 is 9.59 Å². The number of carbonyl (C=O) groups is 2. The predicted molar refractivity (Wildman–Crippen MR) is 111 cm³/mol. The van der Waals surface area contributed by atoms with Gasteiger partial charge >= 0.3 is 0 Å². The number of anilines is 1. The van der Waals surface area contributed by atoms with E-state index < -0.39 is 0 Å². The summed E-state index contributed by atoms with van der Waals surface area (Å²) in [6.07, 6.45) is 11.9. The molecule has 3 fully saturated rings. The molecule has 4 rings (SSSR count). The molecule has 3 heterocycles. The van der Waals surface area contributed by atoms with E-state index in [9.17, 15) is 9.59 Å². The van der Waals surface area contributed by atoms with Crippen molar-refractivity contribution in [3.63, 3.8) is 0 Å². The Morgan fingerprint density at radius 3 is 2.75 bits per heavy atom. The molecule has 6 nitrogen and oxygen atoms in total. The second kappa shape index (κ2) is 8.91. The van der Waals surface area contributed by atoms with E-state index in [4.69, 9.17) is 0 Å². The number of piperidine rings is 1. The van der Waals surface area contributed by atoms with Gasteiger partial charge in [0.2, 0.25) is 11.8 Å². The zero-order chi connectivity index (χ0) is 19.4. The largest absolute Gasteiger partial charge is 0.340 e. The minimum absolute atomic E-state index is 0.00162. The fourth-order valence-corrected chi connectivity index (χ4v) is 5.87. The minimum Gasteiger partial charge on any atom is -0.340 e. The summed E-state index contributed by atoms with van der Waals surface area (Å²) < 4.78 is 0. The third kappa shape index (κ3) is 4.74. The zero-order valence-corrected chi connectivity index (χ0v) is 17.5. The van der Waals surface area contributed by atoms with E-state index in [1.54, 1.807) is 6.20 Å². The van der Waals surface area contributed by atoms with Crippen molar-refractivity contribution in [2.75, 3.05) is 31.5 Å². The van der Waals surface area contributed by atoms with Crippen molar-refractivity contribution in [2.24, 2.45) is 5.41 Å². The van der Waals surface area contributed by atoms with Crippen molar-refractivity contribution in [3.8, 4) is 0 Å². The highest BCUT2D eigenvalue weighted by molar-refractivity contribution is 7.13. The first kappa shape index (κ1) is 19.8. The number of piperazine rings is 1. The number of hydrogen-bond donors (Lipinski definition) is 1. The Morgan fingerprint density at radius 2 is 1.96 bits per heavy atom. The van der Waals surface area contributed by atoms with Crippen molar-refractivity contribution in [1.82, 2.24) is 14.8 Å². The van der Waals surface area contributed by atoms with Gasteiger partial charge in [-0.15, -0.1) is 11.3 Å². The van der Waals surface area contributed by atoms with Gasteiger partial charge in [0.15, 0.2) is 5.13 Å². The number of aromatic nitrogens is 1. The SMILES string of the molecule is O=C(CC1(CC(=O)N2CCN3CCCCC3C2)CCCCC1)Nc1nccs1. The van der Waals surface area contributed by atoms with Crippen LogP contribution >= 0.6 is 11.3 Å². The number of rotatable bonds is 5. The van der Waals surface area contributed by atoms with Gasteiger partial charge in [0, 0.05) is 50.1 Å². The molecule has 28 heavy (non-hydrogen) atoms. The maximum Gasteiger partial charge on any atom is 0.226 e.